The summed E-state index contributed by atoms with van der Waals surface area (Å²) in [5.74, 6) is 0.453. The number of hydrogen-bond acceptors (Lipinski definition) is 5. The topological polar surface area (TPSA) is 88.5 Å². The molecule has 0 saturated heterocycles. The molecule has 2 N–H and O–H groups in total. The molecule has 0 radical (unpaired) electrons. The van der Waals surface area contributed by atoms with E-state index in [4.69, 9.17) is 4.74 Å². The van der Waals surface area contributed by atoms with Crippen molar-refractivity contribution in [2.24, 2.45) is 0 Å². The van der Waals surface area contributed by atoms with Crippen molar-refractivity contribution in [2.75, 3.05) is 31.1 Å². The van der Waals surface area contributed by atoms with E-state index in [9.17, 15) is 9.59 Å². The minimum Gasteiger partial charge on any atom is -0.484 e. The van der Waals surface area contributed by atoms with Gasteiger partial charge in [0.2, 0.25) is 0 Å². The Morgan fingerprint density at radius 2 is 1.86 bits per heavy atom. The number of ether oxygens (including phenoxy) is 1. The predicted octanol–water partition coefficient (Wildman–Crippen LogP) is 3.78. The number of carbonyl (C=O) groups excluding carboxylic acids is 2. The molecule has 3 aromatic rings. The number of imidazole rings is 1. The summed E-state index contributed by atoms with van der Waals surface area (Å²) < 4.78 is 7.69. The molecule has 2 amide bonds. The molecule has 1 aliphatic rings. The molecule has 1 aliphatic heterocycles. The zero-order valence-corrected chi connectivity index (χ0v) is 20.7. The standard InChI is InChI=1S/C28H35N5O3/c34-27(21-36-25-9-5-4-6-10-25)33-16-8-3-1-2-7-13-29-20-24-19-23(11-12-26(24)33)28(35)31-15-18-32-17-14-30-22-32/h4-6,9-12,14,17,19,22,29H,1-3,7-8,13,15-16,18,20-21H2,(H,31,35). The Bertz CT molecular complexity index is 1100. The van der Waals surface area contributed by atoms with E-state index < -0.39 is 0 Å². The first kappa shape index (κ1) is 25.4. The lowest BCUT2D eigenvalue weighted by Gasteiger charge is -2.26. The fraction of sp³-hybridized carbons (Fsp3) is 0.393. The molecule has 0 unspecified atom stereocenters. The molecule has 8 heteroatoms. The van der Waals surface area contributed by atoms with Crippen molar-refractivity contribution >= 4 is 17.5 Å². The number of nitrogens with one attached hydrogen (secondary N) is 2. The normalized spacial score (nSPS) is 14.7. The maximum atomic E-state index is 13.3. The van der Waals surface area contributed by atoms with Gasteiger partial charge in [-0.2, -0.15) is 0 Å². The number of benzene rings is 2. The maximum absolute atomic E-state index is 13.3. The lowest BCUT2D eigenvalue weighted by Crippen LogP contribution is -2.37. The average molecular weight is 490 g/mol. The van der Waals surface area contributed by atoms with Gasteiger partial charge >= 0.3 is 0 Å². The van der Waals surface area contributed by atoms with Crippen molar-refractivity contribution in [1.29, 1.82) is 0 Å². The minimum absolute atomic E-state index is 0.0344. The van der Waals surface area contributed by atoms with E-state index in [0.717, 1.165) is 43.5 Å². The van der Waals surface area contributed by atoms with Crippen molar-refractivity contribution in [1.82, 2.24) is 20.2 Å². The first-order valence-corrected chi connectivity index (χ1v) is 12.8. The minimum atomic E-state index is -0.130. The first-order chi connectivity index (χ1) is 17.7. The molecule has 0 atom stereocenters. The Hall–Kier alpha value is -3.65. The van der Waals surface area contributed by atoms with Crippen molar-refractivity contribution in [3.8, 4) is 5.75 Å². The quantitative estimate of drug-likeness (QED) is 0.527. The zero-order chi connectivity index (χ0) is 25.0. The second-order valence-corrected chi connectivity index (χ2v) is 8.99. The second-order valence-electron chi connectivity index (χ2n) is 8.99. The molecule has 2 heterocycles. The molecule has 0 saturated carbocycles. The van der Waals surface area contributed by atoms with Crippen LogP contribution in [0, 0.1) is 0 Å². The Morgan fingerprint density at radius 3 is 2.69 bits per heavy atom. The number of rotatable bonds is 7. The van der Waals surface area contributed by atoms with Crippen LogP contribution in [0.25, 0.3) is 0 Å². The van der Waals surface area contributed by atoms with Gasteiger partial charge in [0.05, 0.1) is 6.33 Å². The number of hydrogen-bond donors (Lipinski definition) is 2. The molecule has 8 nitrogen and oxygen atoms in total. The Labute approximate surface area is 212 Å². The summed E-state index contributed by atoms with van der Waals surface area (Å²) in [7, 11) is 0. The fourth-order valence-corrected chi connectivity index (χ4v) is 4.34. The average Bonchev–Trinajstić information content (AvgIpc) is 3.42. The van der Waals surface area contributed by atoms with Crippen LogP contribution in [0.2, 0.25) is 0 Å². The molecule has 36 heavy (non-hydrogen) atoms. The highest BCUT2D eigenvalue weighted by molar-refractivity contribution is 5.98. The second kappa shape index (κ2) is 13.4. The van der Waals surface area contributed by atoms with Gasteiger partial charge in [-0.25, -0.2) is 4.98 Å². The monoisotopic (exact) mass is 489 g/mol. The highest BCUT2D eigenvalue weighted by Gasteiger charge is 2.21. The van der Waals surface area contributed by atoms with Crippen LogP contribution in [0.1, 0.15) is 48.0 Å². The zero-order valence-electron chi connectivity index (χ0n) is 20.7. The summed E-state index contributed by atoms with van der Waals surface area (Å²) in [6, 6.07) is 15.0. The molecule has 2 aromatic carbocycles. The number of amides is 2. The van der Waals surface area contributed by atoms with Crippen molar-refractivity contribution < 1.29 is 14.3 Å². The van der Waals surface area contributed by atoms with Gasteiger partial charge in [0.1, 0.15) is 5.75 Å². The molecule has 190 valence electrons. The third kappa shape index (κ3) is 7.42. The predicted molar refractivity (Wildman–Crippen MR) is 140 cm³/mol. The summed E-state index contributed by atoms with van der Waals surface area (Å²) in [5.41, 5.74) is 2.35. The van der Waals surface area contributed by atoms with E-state index >= 15 is 0 Å². The van der Waals surface area contributed by atoms with Gasteiger partial charge in [-0.3, -0.25) is 9.59 Å². The van der Waals surface area contributed by atoms with Crippen LogP contribution >= 0.6 is 0 Å². The number of para-hydroxylation sites is 1. The van der Waals surface area contributed by atoms with Crippen molar-refractivity contribution in [3.05, 3.63) is 78.4 Å². The largest absolute Gasteiger partial charge is 0.484 e. The molecule has 0 aliphatic carbocycles. The van der Waals surface area contributed by atoms with Crippen LogP contribution in [0.5, 0.6) is 5.75 Å². The van der Waals surface area contributed by atoms with Crippen LogP contribution < -0.4 is 20.3 Å². The molecule has 0 bridgehead atoms. The molecular weight excluding hydrogens is 454 g/mol. The van der Waals surface area contributed by atoms with Gasteiger partial charge in [0.15, 0.2) is 6.61 Å². The Morgan fingerprint density at radius 1 is 1.03 bits per heavy atom. The molecule has 4 rings (SSSR count). The van der Waals surface area contributed by atoms with Crippen LogP contribution in [-0.2, 0) is 17.9 Å². The van der Waals surface area contributed by atoms with E-state index in [1.807, 2.05) is 58.1 Å². The van der Waals surface area contributed by atoms with Gasteiger partial charge in [-0.1, -0.05) is 37.5 Å². The maximum Gasteiger partial charge on any atom is 0.264 e. The lowest BCUT2D eigenvalue weighted by atomic mass is 10.0. The number of nitrogens with zero attached hydrogens (tertiary/aromatic N) is 3. The van der Waals surface area contributed by atoms with Gasteiger partial charge < -0.3 is 24.8 Å². The van der Waals surface area contributed by atoms with E-state index in [2.05, 4.69) is 15.6 Å². The third-order valence-electron chi connectivity index (χ3n) is 6.30. The summed E-state index contributed by atoms with van der Waals surface area (Å²) in [6.45, 7) is 3.25. The van der Waals surface area contributed by atoms with Crippen molar-refractivity contribution in [2.45, 2.75) is 45.2 Å². The van der Waals surface area contributed by atoms with Gasteiger partial charge in [0, 0.05) is 49.8 Å². The number of carbonyl (C=O) groups is 2. The lowest BCUT2D eigenvalue weighted by molar-refractivity contribution is -0.120. The van der Waals surface area contributed by atoms with Gasteiger partial charge in [-0.05, 0) is 55.3 Å². The highest BCUT2D eigenvalue weighted by Crippen LogP contribution is 2.24. The van der Waals surface area contributed by atoms with Crippen LogP contribution in [0.3, 0.4) is 0 Å². The number of aromatic nitrogens is 2. The smallest absolute Gasteiger partial charge is 0.264 e. The first-order valence-electron chi connectivity index (χ1n) is 12.8. The molecule has 1 aromatic heterocycles. The Balaban J connectivity index is 1.50. The Kier molecular flexibility index (Phi) is 9.50. The highest BCUT2D eigenvalue weighted by atomic mass is 16.5. The molecule has 0 fully saturated rings. The van der Waals surface area contributed by atoms with Crippen LogP contribution in [0.15, 0.2) is 67.3 Å². The van der Waals surface area contributed by atoms with E-state index in [-0.39, 0.29) is 18.4 Å². The van der Waals surface area contributed by atoms with E-state index in [0.29, 0.717) is 37.5 Å². The molecular formula is C28H35N5O3. The number of anilines is 1. The van der Waals surface area contributed by atoms with E-state index in [1.165, 1.54) is 6.42 Å². The van der Waals surface area contributed by atoms with Crippen molar-refractivity contribution in [3.63, 3.8) is 0 Å². The molecule has 0 spiro atoms. The van der Waals surface area contributed by atoms with Gasteiger partial charge in [-0.15, -0.1) is 0 Å². The van der Waals surface area contributed by atoms with E-state index in [1.54, 1.807) is 18.6 Å². The van der Waals surface area contributed by atoms with Crippen LogP contribution in [0.4, 0.5) is 5.69 Å². The third-order valence-corrected chi connectivity index (χ3v) is 6.30. The summed E-state index contributed by atoms with van der Waals surface area (Å²) >= 11 is 0. The number of fused-ring (bicyclic) bond motifs is 1. The fourth-order valence-electron chi connectivity index (χ4n) is 4.34. The summed E-state index contributed by atoms with van der Waals surface area (Å²) in [6.07, 6.45) is 10.8. The SMILES string of the molecule is O=C(NCCn1ccnc1)c1ccc2c(c1)CNCCCCCCCN2C(=O)COc1ccccc1. The van der Waals surface area contributed by atoms with Gasteiger partial charge in [0.25, 0.3) is 11.8 Å². The summed E-state index contributed by atoms with van der Waals surface area (Å²) in [4.78, 5) is 32.0. The van der Waals surface area contributed by atoms with Crippen LogP contribution in [-0.4, -0.2) is 47.6 Å². The summed E-state index contributed by atoms with van der Waals surface area (Å²) in [5, 5.41) is 6.47.